The fourth-order valence-electron chi connectivity index (χ4n) is 2.80. The topological polar surface area (TPSA) is 60.0 Å². The van der Waals surface area contributed by atoms with E-state index in [1.807, 2.05) is 65.1 Å². The van der Waals surface area contributed by atoms with Gasteiger partial charge >= 0.3 is 0 Å². The van der Waals surface area contributed by atoms with Gasteiger partial charge in [0.15, 0.2) is 11.5 Å². The van der Waals surface area contributed by atoms with Crippen LogP contribution in [0.25, 0.3) is 0 Å². The average Bonchev–Trinajstić information content (AvgIpc) is 2.64. The quantitative estimate of drug-likeness (QED) is 0.472. The third-order valence-electron chi connectivity index (χ3n) is 4.55. The second-order valence-corrected chi connectivity index (χ2v) is 7.18. The molecule has 0 bridgehead atoms. The lowest BCUT2D eigenvalue weighted by Crippen LogP contribution is -2.53. The second kappa shape index (κ2) is 9.72. The van der Waals surface area contributed by atoms with Crippen LogP contribution in [0.15, 0.2) is 42.5 Å². The van der Waals surface area contributed by atoms with Gasteiger partial charge in [-0.3, -0.25) is 0 Å². The van der Waals surface area contributed by atoms with Crippen LogP contribution in [0, 0.1) is 6.92 Å². The smallest absolute Gasteiger partial charge is 0.160 e. The van der Waals surface area contributed by atoms with Gasteiger partial charge in [-0.1, -0.05) is 18.2 Å². The van der Waals surface area contributed by atoms with Crippen molar-refractivity contribution in [3.63, 3.8) is 0 Å². The molecule has 2 N–H and O–H groups in total. The summed E-state index contributed by atoms with van der Waals surface area (Å²) >= 11 is 0. The Hall–Kier alpha value is -2.11. The van der Waals surface area contributed by atoms with Crippen molar-refractivity contribution in [3.05, 3.63) is 53.6 Å². The van der Waals surface area contributed by atoms with Gasteiger partial charge < -0.3 is 24.6 Å². The van der Waals surface area contributed by atoms with Crippen LogP contribution in [0.3, 0.4) is 0 Å². The first-order chi connectivity index (χ1) is 12.9. The third kappa shape index (κ3) is 6.22. The van der Waals surface area contributed by atoms with Crippen molar-refractivity contribution in [2.45, 2.75) is 24.8 Å². The fraction of sp³-hybridized carbons (Fsp3) is 0.400. The highest BCUT2D eigenvalue weighted by molar-refractivity contribution is 6.39. The number of hydrogen-bond donors (Lipinski definition) is 2. The van der Waals surface area contributed by atoms with E-state index in [0.29, 0.717) is 6.54 Å². The number of aliphatic hydroxyl groups excluding tert-OH is 1. The van der Waals surface area contributed by atoms with Gasteiger partial charge in [-0.2, -0.15) is 0 Å². The van der Waals surface area contributed by atoms with E-state index >= 15 is 0 Å². The number of ether oxygens (including phenoxy) is 3. The maximum absolute atomic E-state index is 10.5. The van der Waals surface area contributed by atoms with Crippen molar-refractivity contribution in [2.75, 3.05) is 27.3 Å². The zero-order valence-electron chi connectivity index (χ0n) is 16.9. The first-order valence-corrected chi connectivity index (χ1v) is 9.21. The number of methoxy groups -OCH3 is 2. The maximum Gasteiger partial charge on any atom is 0.160 e. The summed E-state index contributed by atoms with van der Waals surface area (Å²) in [6, 6.07) is 13.7. The molecule has 7 heteroatoms. The molecule has 2 aromatic rings. The lowest BCUT2D eigenvalue weighted by atomic mass is 9.61. The summed E-state index contributed by atoms with van der Waals surface area (Å²) in [5.74, 6) is 2.21. The van der Waals surface area contributed by atoms with Gasteiger partial charge in [-0.05, 0) is 55.3 Å². The molecule has 0 aliphatic heterocycles. The molecule has 0 radical (unpaired) electrons. The zero-order valence-corrected chi connectivity index (χ0v) is 16.9. The van der Waals surface area contributed by atoms with Gasteiger partial charge in [0.25, 0.3) is 0 Å². The van der Waals surface area contributed by atoms with Gasteiger partial charge in [0.1, 0.15) is 21.4 Å². The Morgan fingerprint density at radius 1 is 1.07 bits per heavy atom. The molecule has 0 aliphatic carbocycles. The fourth-order valence-corrected chi connectivity index (χ4v) is 2.80. The summed E-state index contributed by atoms with van der Waals surface area (Å²) < 4.78 is 16.6. The van der Waals surface area contributed by atoms with Crippen LogP contribution in [0.1, 0.15) is 11.1 Å². The van der Waals surface area contributed by atoms with Crippen LogP contribution >= 0.6 is 0 Å². The number of benzene rings is 2. The summed E-state index contributed by atoms with van der Waals surface area (Å²) in [5.41, 5.74) is 2.27. The highest BCUT2D eigenvalue weighted by Crippen LogP contribution is 2.27. The molecule has 1 atom stereocenters. The van der Waals surface area contributed by atoms with Crippen LogP contribution in [0.2, 0.25) is 0 Å². The Labute approximate surface area is 163 Å². The molecule has 0 spiro atoms. The van der Waals surface area contributed by atoms with Crippen molar-refractivity contribution >= 4 is 15.7 Å². The van der Waals surface area contributed by atoms with E-state index in [1.165, 1.54) is 0 Å². The van der Waals surface area contributed by atoms with Crippen LogP contribution in [0.5, 0.6) is 17.2 Å². The van der Waals surface area contributed by atoms with Crippen LogP contribution in [-0.2, 0) is 6.42 Å². The first-order valence-electron chi connectivity index (χ1n) is 9.21. The van der Waals surface area contributed by atoms with E-state index in [0.717, 1.165) is 41.3 Å². The van der Waals surface area contributed by atoms with Gasteiger partial charge in [-0.15, -0.1) is 0 Å². The summed E-state index contributed by atoms with van der Waals surface area (Å²) in [4.78, 5) is 0. The highest BCUT2D eigenvalue weighted by atomic mass is 16.5. The number of hydrogen-bond acceptors (Lipinski definition) is 5. The minimum atomic E-state index is -0.690. The lowest BCUT2D eigenvalue weighted by Gasteiger charge is -2.32. The SMILES string of the molecule is BC(B)(Oc1cccc(C)c1)C(O)CNCCc1ccc(OC)c(OC)c1. The second-order valence-electron chi connectivity index (χ2n) is 7.18. The molecule has 27 heavy (non-hydrogen) atoms. The number of aliphatic hydroxyl groups is 1. The van der Waals surface area contributed by atoms with Gasteiger partial charge in [-0.25, -0.2) is 0 Å². The van der Waals surface area contributed by atoms with E-state index in [4.69, 9.17) is 14.2 Å². The van der Waals surface area contributed by atoms with E-state index in [-0.39, 0.29) is 0 Å². The lowest BCUT2D eigenvalue weighted by molar-refractivity contribution is 0.0568. The molecule has 5 nitrogen and oxygen atoms in total. The molecular weight excluding hydrogens is 340 g/mol. The molecular formula is C20H29B2NO4. The van der Waals surface area contributed by atoms with Crippen molar-refractivity contribution in [2.24, 2.45) is 0 Å². The minimum absolute atomic E-state index is 0.451. The average molecular weight is 369 g/mol. The summed E-state index contributed by atoms with van der Waals surface area (Å²) in [7, 11) is 7.06. The standard InChI is InChI=1S/C20H29B2NO4/c1-14-5-4-6-16(11-14)27-20(21,22)19(24)13-23-10-9-15-7-8-17(25-2)18(12-15)26-3/h4-8,11-12,19,23-24H,9-10,13,21-22H2,1-3H3. The molecule has 0 aromatic heterocycles. The van der Waals surface area contributed by atoms with Gasteiger partial charge in [0.05, 0.1) is 25.7 Å². The van der Waals surface area contributed by atoms with Crippen LogP contribution in [0.4, 0.5) is 0 Å². The molecule has 0 amide bonds. The normalized spacial score (nSPS) is 12.4. The third-order valence-corrected chi connectivity index (χ3v) is 4.55. The molecule has 0 heterocycles. The molecule has 0 fully saturated rings. The molecule has 1 unspecified atom stereocenters. The molecule has 0 saturated carbocycles. The summed E-state index contributed by atoms with van der Waals surface area (Å²) in [6.45, 7) is 3.21. The van der Waals surface area contributed by atoms with E-state index in [1.54, 1.807) is 14.2 Å². The molecule has 2 aromatic carbocycles. The van der Waals surface area contributed by atoms with E-state index in [9.17, 15) is 5.11 Å². The predicted molar refractivity (Wildman–Crippen MR) is 114 cm³/mol. The first kappa shape index (κ1) is 21.2. The monoisotopic (exact) mass is 369 g/mol. The largest absolute Gasteiger partial charge is 0.503 e. The Bertz CT molecular complexity index is 740. The van der Waals surface area contributed by atoms with Crippen LogP contribution in [-0.4, -0.2) is 59.6 Å². The molecule has 2 rings (SSSR count). The zero-order chi connectivity index (χ0) is 19.9. The maximum atomic E-state index is 10.5. The van der Waals surface area contributed by atoms with Crippen molar-refractivity contribution < 1.29 is 19.3 Å². The Balaban J connectivity index is 1.82. The van der Waals surface area contributed by atoms with Crippen molar-refractivity contribution in [3.8, 4) is 17.2 Å². The number of aryl methyl sites for hydroxylation is 1. The van der Waals surface area contributed by atoms with Crippen LogP contribution < -0.4 is 19.5 Å². The number of rotatable bonds is 10. The van der Waals surface area contributed by atoms with E-state index < -0.39 is 11.5 Å². The Kier molecular flexibility index (Phi) is 7.63. The summed E-state index contributed by atoms with van der Waals surface area (Å²) in [6.07, 6.45) is 0.190. The minimum Gasteiger partial charge on any atom is -0.503 e. The molecule has 0 saturated heterocycles. The highest BCUT2D eigenvalue weighted by Gasteiger charge is 2.29. The molecule has 0 aliphatic rings. The molecule has 144 valence electrons. The van der Waals surface area contributed by atoms with Gasteiger partial charge in [0, 0.05) is 6.54 Å². The Morgan fingerprint density at radius 2 is 1.81 bits per heavy atom. The van der Waals surface area contributed by atoms with Crippen molar-refractivity contribution in [1.82, 2.24) is 5.32 Å². The van der Waals surface area contributed by atoms with Crippen molar-refractivity contribution in [1.29, 1.82) is 0 Å². The number of nitrogens with one attached hydrogen (secondary N) is 1. The predicted octanol–water partition coefficient (Wildman–Crippen LogP) is 0.504. The van der Waals surface area contributed by atoms with Gasteiger partial charge in [0.2, 0.25) is 0 Å². The summed E-state index contributed by atoms with van der Waals surface area (Å²) in [5, 5.41) is 13.1. The van der Waals surface area contributed by atoms with E-state index in [2.05, 4.69) is 5.32 Å². The Morgan fingerprint density at radius 3 is 2.48 bits per heavy atom.